The molecule has 2 rings (SSSR count). The van der Waals surface area contributed by atoms with E-state index in [-0.39, 0.29) is 0 Å². The van der Waals surface area contributed by atoms with Crippen LogP contribution in [-0.2, 0) is 6.54 Å². The fourth-order valence-electron chi connectivity index (χ4n) is 2.42. The van der Waals surface area contributed by atoms with Crippen molar-refractivity contribution in [2.45, 2.75) is 31.2 Å². The highest BCUT2D eigenvalue weighted by Crippen LogP contribution is 2.29. The van der Waals surface area contributed by atoms with E-state index in [1.165, 1.54) is 12.0 Å². The maximum atomic E-state index is 6.12. The lowest BCUT2D eigenvalue weighted by molar-refractivity contribution is 0.413. The summed E-state index contributed by atoms with van der Waals surface area (Å²) in [7, 11) is 1.69. The Hall–Kier alpha value is -0.250. The van der Waals surface area contributed by atoms with E-state index in [1.807, 2.05) is 12.1 Å². The fraction of sp³-hybridized carbons (Fsp3) is 0.571. The van der Waals surface area contributed by atoms with Gasteiger partial charge in [0.05, 0.1) is 7.11 Å². The van der Waals surface area contributed by atoms with E-state index in [0.29, 0.717) is 5.38 Å². The summed E-state index contributed by atoms with van der Waals surface area (Å²) < 4.78 is 6.36. The van der Waals surface area contributed by atoms with E-state index in [1.54, 1.807) is 7.11 Å². The number of rotatable bonds is 5. The largest absolute Gasteiger partial charge is 0.497 e. The lowest BCUT2D eigenvalue weighted by Crippen LogP contribution is -2.21. The lowest BCUT2D eigenvalue weighted by atomic mass is 10.1. The van der Waals surface area contributed by atoms with Crippen molar-refractivity contribution in [3.05, 3.63) is 28.2 Å². The molecule has 0 amide bonds. The molecule has 1 N–H and O–H groups in total. The van der Waals surface area contributed by atoms with Crippen LogP contribution in [0.3, 0.4) is 0 Å². The molecular weight excluding hydrogens is 314 g/mol. The van der Waals surface area contributed by atoms with E-state index in [2.05, 4.69) is 27.3 Å². The number of alkyl halides is 1. The zero-order chi connectivity index (χ0) is 13.0. The molecule has 1 aliphatic carbocycles. The maximum Gasteiger partial charge on any atom is 0.119 e. The summed E-state index contributed by atoms with van der Waals surface area (Å²) in [6.07, 6.45) is 3.56. The molecule has 0 aliphatic heterocycles. The molecule has 1 aliphatic rings. The lowest BCUT2D eigenvalue weighted by Gasteiger charge is -2.12. The predicted octanol–water partition coefficient (Wildman–Crippen LogP) is 3.95. The number of nitrogens with one attached hydrogen (secondary N) is 1. The van der Waals surface area contributed by atoms with Gasteiger partial charge in [-0.3, -0.25) is 0 Å². The molecule has 4 heteroatoms. The van der Waals surface area contributed by atoms with Crippen LogP contribution in [0.2, 0.25) is 0 Å². The van der Waals surface area contributed by atoms with Crippen LogP contribution in [0, 0.1) is 5.92 Å². The van der Waals surface area contributed by atoms with Crippen LogP contribution in [0.5, 0.6) is 5.75 Å². The third kappa shape index (κ3) is 3.87. The highest BCUT2D eigenvalue weighted by molar-refractivity contribution is 9.10. The third-order valence-electron chi connectivity index (χ3n) is 3.48. The van der Waals surface area contributed by atoms with E-state index in [9.17, 15) is 0 Å². The fourth-order valence-corrected chi connectivity index (χ4v) is 3.19. The summed E-state index contributed by atoms with van der Waals surface area (Å²) in [4.78, 5) is 0. The smallest absolute Gasteiger partial charge is 0.119 e. The van der Waals surface area contributed by atoms with Crippen LogP contribution < -0.4 is 10.1 Å². The molecule has 0 saturated heterocycles. The van der Waals surface area contributed by atoms with Gasteiger partial charge in [-0.25, -0.2) is 0 Å². The van der Waals surface area contributed by atoms with Gasteiger partial charge in [0.1, 0.15) is 5.75 Å². The van der Waals surface area contributed by atoms with Crippen molar-refractivity contribution in [2.24, 2.45) is 5.92 Å². The summed E-state index contributed by atoms with van der Waals surface area (Å²) in [6, 6.07) is 6.05. The molecular formula is C14H19BrClNO. The Morgan fingerprint density at radius 3 is 2.94 bits per heavy atom. The van der Waals surface area contributed by atoms with Crippen LogP contribution in [0.15, 0.2) is 22.7 Å². The maximum absolute atomic E-state index is 6.12. The summed E-state index contributed by atoms with van der Waals surface area (Å²) in [5.41, 5.74) is 1.23. The third-order valence-corrected chi connectivity index (χ3v) is 4.65. The summed E-state index contributed by atoms with van der Waals surface area (Å²) in [5.74, 6) is 1.63. The Morgan fingerprint density at radius 2 is 2.28 bits per heavy atom. The van der Waals surface area contributed by atoms with Gasteiger partial charge in [-0.1, -0.05) is 15.9 Å². The highest BCUT2D eigenvalue weighted by Gasteiger charge is 2.22. The van der Waals surface area contributed by atoms with Crippen LogP contribution in [-0.4, -0.2) is 19.0 Å². The number of hydrogen-bond acceptors (Lipinski definition) is 2. The Balaban J connectivity index is 1.82. The van der Waals surface area contributed by atoms with Gasteiger partial charge >= 0.3 is 0 Å². The average Bonchev–Trinajstić information content (AvgIpc) is 2.77. The Bertz CT molecular complexity index is 399. The second-order valence-corrected chi connectivity index (χ2v) is 6.34. The minimum atomic E-state index is 0.389. The quantitative estimate of drug-likeness (QED) is 0.824. The minimum absolute atomic E-state index is 0.389. The van der Waals surface area contributed by atoms with Crippen molar-refractivity contribution in [1.29, 1.82) is 0 Å². The van der Waals surface area contributed by atoms with Crippen LogP contribution in [0.4, 0.5) is 0 Å². The van der Waals surface area contributed by atoms with Crippen molar-refractivity contribution < 1.29 is 4.74 Å². The molecule has 0 bridgehead atoms. The molecule has 0 aromatic heterocycles. The van der Waals surface area contributed by atoms with Crippen LogP contribution >= 0.6 is 27.5 Å². The van der Waals surface area contributed by atoms with Crippen LogP contribution in [0.1, 0.15) is 24.8 Å². The molecule has 0 radical (unpaired) electrons. The SMILES string of the molecule is COc1ccc(Br)c(CNCC2CCC(Cl)C2)c1. The minimum Gasteiger partial charge on any atom is -0.497 e. The van der Waals surface area contributed by atoms with Crippen LogP contribution in [0.25, 0.3) is 0 Å². The first-order valence-electron chi connectivity index (χ1n) is 6.36. The van der Waals surface area contributed by atoms with Gasteiger partial charge in [0, 0.05) is 16.4 Å². The van der Waals surface area contributed by atoms with Gasteiger partial charge in [0.25, 0.3) is 0 Å². The van der Waals surface area contributed by atoms with E-state index in [4.69, 9.17) is 16.3 Å². The van der Waals surface area contributed by atoms with Crippen molar-refractivity contribution >= 4 is 27.5 Å². The van der Waals surface area contributed by atoms with Crippen molar-refractivity contribution in [1.82, 2.24) is 5.32 Å². The standard InChI is InChI=1S/C14H19BrClNO/c1-18-13-4-5-14(15)11(7-13)9-17-8-10-2-3-12(16)6-10/h4-5,7,10,12,17H,2-3,6,8-9H2,1H3. The first-order chi connectivity index (χ1) is 8.69. The summed E-state index contributed by atoms with van der Waals surface area (Å²) >= 11 is 9.68. The first kappa shape index (κ1) is 14.2. The van der Waals surface area contributed by atoms with E-state index in [0.717, 1.165) is 42.1 Å². The second-order valence-electron chi connectivity index (χ2n) is 4.86. The molecule has 1 aromatic rings. The van der Waals surface area contributed by atoms with Gasteiger partial charge in [-0.15, -0.1) is 11.6 Å². The van der Waals surface area contributed by atoms with Crippen molar-refractivity contribution in [2.75, 3.05) is 13.7 Å². The number of hydrogen-bond donors (Lipinski definition) is 1. The number of halogens is 2. The molecule has 100 valence electrons. The summed E-state index contributed by atoms with van der Waals surface area (Å²) in [6.45, 7) is 1.91. The Kier molecular flexibility index (Phi) is 5.34. The Labute approximate surface area is 122 Å². The molecule has 1 fully saturated rings. The van der Waals surface area contributed by atoms with Gasteiger partial charge in [-0.2, -0.15) is 0 Å². The predicted molar refractivity (Wildman–Crippen MR) is 79.4 cm³/mol. The molecule has 0 spiro atoms. The van der Waals surface area contributed by atoms with E-state index < -0.39 is 0 Å². The molecule has 2 unspecified atom stereocenters. The van der Waals surface area contributed by atoms with Gasteiger partial charge < -0.3 is 10.1 Å². The van der Waals surface area contributed by atoms with Gasteiger partial charge in [-0.05, 0) is 55.5 Å². The average molecular weight is 333 g/mol. The molecule has 1 saturated carbocycles. The zero-order valence-corrected chi connectivity index (χ0v) is 12.9. The number of benzene rings is 1. The van der Waals surface area contributed by atoms with Gasteiger partial charge in [0.15, 0.2) is 0 Å². The first-order valence-corrected chi connectivity index (χ1v) is 7.59. The molecule has 18 heavy (non-hydrogen) atoms. The second kappa shape index (κ2) is 6.78. The molecule has 1 aromatic carbocycles. The zero-order valence-electron chi connectivity index (χ0n) is 10.6. The van der Waals surface area contributed by atoms with E-state index >= 15 is 0 Å². The number of methoxy groups -OCH3 is 1. The molecule has 0 heterocycles. The van der Waals surface area contributed by atoms with Crippen molar-refractivity contribution in [3.8, 4) is 5.75 Å². The monoisotopic (exact) mass is 331 g/mol. The summed E-state index contributed by atoms with van der Waals surface area (Å²) in [5, 5.41) is 3.90. The normalized spacial score (nSPS) is 23.3. The van der Waals surface area contributed by atoms with Crippen molar-refractivity contribution in [3.63, 3.8) is 0 Å². The number of ether oxygens (including phenoxy) is 1. The Morgan fingerprint density at radius 1 is 1.44 bits per heavy atom. The highest BCUT2D eigenvalue weighted by atomic mass is 79.9. The van der Waals surface area contributed by atoms with Gasteiger partial charge in [0.2, 0.25) is 0 Å². The molecule has 2 nitrogen and oxygen atoms in total. The molecule has 2 atom stereocenters. The topological polar surface area (TPSA) is 21.3 Å².